The van der Waals surface area contributed by atoms with Gasteiger partial charge in [0.2, 0.25) is 11.8 Å². The average Bonchev–Trinajstić information content (AvgIpc) is 2.82. The number of carbonyl (C=O) groups is 1. The van der Waals surface area contributed by atoms with Crippen LogP contribution in [0.1, 0.15) is 6.92 Å². The molecule has 1 amide bonds. The first-order chi connectivity index (χ1) is 9.63. The molecule has 6 nitrogen and oxygen atoms in total. The third-order valence-corrected chi connectivity index (χ3v) is 2.78. The molecule has 100 valence electrons. The summed E-state index contributed by atoms with van der Waals surface area (Å²) in [6.07, 6.45) is 0. The zero-order valence-corrected chi connectivity index (χ0v) is 10.7. The van der Waals surface area contributed by atoms with E-state index in [1.807, 2.05) is 30.3 Å². The lowest BCUT2D eigenvalue weighted by atomic mass is 10.1. The molecular formula is C14H12N4O2. The molecule has 1 aromatic carbocycles. The zero-order valence-electron chi connectivity index (χ0n) is 10.7. The Morgan fingerprint density at radius 3 is 2.70 bits per heavy atom. The molecule has 0 aliphatic rings. The maximum Gasteiger partial charge on any atom is 0.222 e. The van der Waals surface area contributed by atoms with Gasteiger partial charge in [0.15, 0.2) is 11.5 Å². The van der Waals surface area contributed by atoms with Crippen molar-refractivity contribution in [3.63, 3.8) is 0 Å². The smallest absolute Gasteiger partial charge is 0.222 e. The van der Waals surface area contributed by atoms with Crippen molar-refractivity contribution >= 4 is 17.4 Å². The van der Waals surface area contributed by atoms with E-state index in [0.717, 1.165) is 5.56 Å². The van der Waals surface area contributed by atoms with Gasteiger partial charge in [-0.05, 0) is 0 Å². The molecule has 0 radical (unpaired) electrons. The Morgan fingerprint density at radius 2 is 2.00 bits per heavy atom. The normalized spacial score (nSPS) is 10.7. The number of fused-ring (bicyclic) bond motifs is 1. The summed E-state index contributed by atoms with van der Waals surface area (Å²) in [5, 5.41) is 16.6. The fraction of sp³-hybridized carbons (Fsp3) is 0.0714. The summed E-state index contributed by atoms with van der Waals surface area (Å²) < 4.78 is 1.28. The van der Waals surface area contributed by atoms with Crippen LogP contribution >= 0.6 is 0 Å². The molecule has 2 aromatic heterocycles. The van der Waals surface area contributed by atoms with Gasteiger partial charge in [0.1, 0.15) is 0 Å². The van der Waals surface area contributed by atoms with E-state index in [2.05, 4.69) is 15.4 Å². The summed E-state index contributed by atoms with van der Waals surface area (Å²) in [7, 11) is 0. The van der Waals surface area contributed by atoms with E-state index in [0.29, 0.717) is 17.2 Å². The van der Waals surface area contributed by atoms with E-state index in [9.17, 15) is 9.90 Å². The van der Waals surface area contributed by atoms with E-state index in [1.54, 1.807) is 6.07 Å². The van der Waals surface area contributed by atoms with E-state index < -0.39 is 0 Å². The molecule has 2 N–H and O–H groups in total. The molecule has 20 heavy (non-hydrogen) atoms. The van der Waals surface area contributed by atoms with E-state index in [4.69, 9.17) is 0 Å². The Labute approximate surface area is 114 Å². The van der Waals surface area contributed by atoms with Gasteiger partial charge in [-0.2, -0.15) is 4.52 Å². The monoisotopic (exact) mass is 268 g/mol. The minimum Gasteiger partial charge on any atom is -0.493 e. The minimum absolute atomic E-state index is 0.0366. The number of hydrogen-bond donors (Lipinski definition) is 2. The summed E-state index contributed by atoms with van der Waals surface area (Å²) in [5.74, 6) is 0.0899. The molecule has 0 atom stereocenters. The van der Waals surface area contributed by atoms with Gasteiger partial charge in [-0.15, -0.1) is 5.10 Å². The second-order valence-electron chi connectivity index (χ2n) is 4.35. The number of hydrogen-bond acceptors (Lipinski definition) is 4. The second kappa shape index (κ2) is 4.65. The van der Waals surface area contributed by atoms with Crippen LogP contribution in [0.4, 0.5) is 5.82 Å². The van der Waals surface area contributed by atoms with Crippen molar-refractivity contribution in [2.75, 3.05) is 5.32 Å². The summed E-state index contributed by atoms with van der Waals surface area (Å²) >= 11 is 0. The maximum atomic E-state index is 11.0. The zero-order chi connectivity index (χ0) is 14.1. The van der Waals surface area contributed by atoms with Gasteiger partial charge in [-0.3, -0.25) is 4.79 Å². The van der Waals surface area contributed by atoms with Crippen molar-refractivity contribution in [2.24, 2.45) is 0 Å². The molecule has 2 heterocycles. The molecule has 3 rings (SSSR count). The van der Waals surface area contributed by atoms with Crippen LogP contribution in [0.3, 0.4) is 0 Å². The molecule has 0 aliphatic carbocycles. The Kier molecular flexibility index (Phi) is 2.83. The first-order valence-electron chi connectivity index (χ1n) is 6.06. The fourth-order valence-electron chi connectivity index (χ4n) is 1.96. The number of anilines is 1. The molecule has 0 fully saturated rings. The molecule has 0 saturated carbocycles. The van der Waals surface area contributed by atoms with Crippen molar-refractivity contribution in [3.05, 3.63) is 42.5 Å². The van der Waals surface area contributed by atoms with Crippen molar-refractivity contribution in [2.45, 2.75) is 6.92 Å². The fourth-order valence-corrected chi connectivity index (χ4v) is 1.96. The van der Waals surface area contributed by atoms with Gasteiger partial charge in [0.25, 0.3) is 0 Å². The number of benzene rings is 1. The topological polar surface area (TPSA) is 79.5 Å². The summed E-state index contributed by atoms with van der Waals surface area (Å²) in [6.45, 7) is 1.40. The van der Waals surface area contributed by atoms with Crippen LogP contribution in [-0.4, -0.2) is 25.6 Å². The van der Waals surface area contributed by atoms with Crippen LogP contribution in [0.5, 0.6) is 5.88 Å². The molecule has 0 unspecified atom stereocenters. The lowest BCUT2D eigenvalue weighted by Crippen LogP contribution is -2.06. The number of rotatable bonds is 2. The lowest BCUT2D eigenvalue weighted by molar-refractivity contribution is -0.114. The van der Waals surface area contributed by atoms with E-state index in [-0.39, 0.29) is 11.8 Å². The van der Waals surface area contributed by atoms with Gasteiger partial charge in [-0.1, -0.05) is 30.3 Å². The Hall–Kier alpha value is -2.89. The standard InChI is InChI=1S/C14H12N4O2/c1-9(19)15-12-8-13-16-11(7-14(20)18(13)17-12)10-5-3-2-4-6-10/h2-8,20H,1H3,(H,15,17,19). The first kappa shape index (κ1) is 12.2. The van der Waals surface area contributed by atoms with Crippen molar-refractivity contribution in [1.82, 2.24) is 14.6 Å². The van der Waals surface area contributed by atoms with Crippen LogP contribution < -0.4 is 5.32 Å². The van der Waals surface area contributed by atoms with Crippen LogP contribution in [-0.2, 0) is 4.79 Å². The van der Waals surface area contributed by atoms with Gasteiger partial charge < -0.3 is 10.4 Å². The first-order valence-corrected chi connectivity index (χ1v) is 6.06. The molecule has 0 bridgehead atoms. The Balaban J connectivity index is 2.11. The van der Waals surface area contributed by atoms with Crippen LogP contribution in [0, 0.1) is 0 Å². The maximum absolute atomic E-state index is 11.0. The quantitative estimate of drug-likeness (QED) is 0.745. The molecule has 6 heteroatoms. The molecule has 0 spiro atoms. The van der Waals surface area contributed by atoms with Gasteiger partial charge in [-0.25, -0.2) is 4.98 Å². The third-order valence-electron chi connectivity index (χ3n) is 2.78. The molecule has 3 aromatic rings. The number of nitrogens with zero attached hydrogens (tertiary/aromatic N) is 3. The highest BCUT2D eigenvalue weighted by atomic mass is 16.3. The second-order valence-corrected chi connectivity index (χ2v) is 4.35. The highest BCUT2D eigenvalue weighted by Gasteiger charge is 2.10. The average molecular weight is 268 g/mol. The number of aromatic nitrogens is 3. The SMILES string of the molecule is CC(=O)Nc1cc2nc(-c3ccccc3)cc(O)n2n1. The predicted octanol–water partition coefficient (Wildman–Crippen LogP) is 2.06. The highest BCUT2D eigenvalue weighted by Crippen LogP contribution is 2.23. The third kappa shape index (κ3) is 2.18. The van der Waals surface area contributed by atoms with Crippen LogP contribution in [0.25, 0.3) is 16.9 Å². The van der Waals surface area contributed by atoms with Gasteiger partial charge >= 0.3 is 0 Å². The Morgan fingerprint density at radius 1 is 1.25 bits per heavy atom. The predicted molar refractivity (Wildman–Crippen MR) is 74.4 cm³/mol. The number of carbonyl (C=O) groups excluding carboxylic acids is 1. The lowest BCUT2D eigenvalue weighted by Gasteiger charge is -2.03. The summed E-state index contributed by atoms with van der Waals surface area (Å²) in [4.78, 5) is 15.4. The summed E-state index contributed by atoms with van der Waals surface area (Å²) in [5.41, 5.74) is 2.00. The van der Waals surface area contributed by atoms with Crippen LogP contribution in [0.15, 0.2) is 42.5 Å². The molecular weight excluding hydrogens is 256 g/mol. The molecule has 0 saturated heterocycles. The number of amides is 1. The number of nitrogens with one attached hydrogen (secondary N) is 1. The van der Waals surface area contributed by atoms with Crippen LogP contribution in [0.2, 0.25) is 0 Å². The van der Waals surface area contributed by atoms with Gasteiger partial charge in [0, 0.05) is 24.6 Å². The largest absolute Gasteiger partial charge is 0.493 e. The van der Waals surface area contributed by atoms with Crippen molar-refractivity contribution in [3.8, 4) is 17.1 Å². The highest BCUT2D eigenvalue weighted by molar-refractivity contribution is 5.88. The van der Waals surface area contributed by atoms with E-state index in [1.165, 1.54) is 17.5 Å². The Bertz CT molecular complexity index is 780. The van der Waals surface area contributed by atoms with Gasteiger partial charge in [0.05, 0.1) is 5.69 Å². The minimum atomic E-state index is -0.226. The van der Waals surface area contributed by atoms with Crippen molar-refractivity contribution < 1.29 is 9.90 Å². The molecule has 0 aliphatic heterocycles. The summed E-state index contributed by atoms with van der Waals surface area (Å²) in [6, 6.07) is 12.7. The van der Waals surface area contributed by atoms with Crippen molar-refractivity contribution in [1.29, 1.82) is 0 Å². The number of aromatic hydroxyl groups is 1. The van der Waals surface area contributed by atoms with E-state index >= 15 is 0 Å².